The first-order valence-corrected chi connectivity index (χ1v) is 10.7. The fourth-order valence-electron chi connectivity index (χ4n) is 4.82. The normalized spacial score (nSPS) is 19.9. The van der Waals surface area contributed by atoms with Crippen molar-refractivity contribution in [3.63, 3.8) is 0 Å². The number of nitrogens with one attached hydrogen (secondary N) is 1. The minimum Gasteiger partial charge on any atom is -0.343 e. The van der Waals surface area contributed by atoms with Crippen molar-refractivity contribution in [1.82, 2.24) is 10.2 Å². The second-order valence-electron chi connectivity index (χ2n) is 8.16. The zero-order valence-electron chi connectivity index (χ0n) is 16.5. The number of amides is 1. The average molecular weight is 437 g/mol. The molecule has 1 heterocycles. The smallest absolute Gasteiger partial charge is 0.343 e. The second-order valence-corrected chi connectivity index (χ2v) is 8.59. The van der Waals surface area contributed by atoms with Crippen LogP contribution in [0.25, 0.3) is 0 Å². The molecule has 4 rings (SSSR count). The van der Waals surface area contributed by atoms with E-state index in [-0.39, 0.29) is 16.6 Å². The summed E-state index contributed by atoms with van der Waals surface area (Å²) in [5.74, 6) is -0.724. The van der Waals surface area contributed by atoms with Crippen molar-refractivity contribution >= 4 is 17.5 Å². The van der Waals surface area contributed by atoms with Crippen LogP contribution in [0.1, 0.15) is 59.6 Å². The van der Waals surface area contributed by atoms with E-state index in [9.17, 15) is 18.0 Å². The maximum Gasteiger partial charge on any atom is 0.417 e. The Morgan fingerprint density at radius 3 is 2.27 bits per heavy atom. The van der Waals surface area contributed by atoms with Gasteiger partial charge >= 0.3 is 6.18 Å². The molecule has 3 nitrogen and oxygen atoms in total. The molecule has 30 heavy (non-hydrogen) atoms. The number of carbonyl (C=O) groups is 1. The lowest BCUT2D eigenvalue weighted by atomic mass is 9.68. The summed E-state index contributed by atoms with van der Waals surface area (Å²) in [6.07, 6.45) is 0.422. The van der Waals surface area contributed by atoms with Crippen LogP contribution in [0, 0.1) is 0 Å². The Balaban J connectivity index is 1.71. The number of hydrogen-bond donors (Lipinski definition) is 1. The highest BCUT2D eigenvalue weighted by Crippen LogP contribution is 2.48. The van der Waals surface area contributed by atoms with E-state index >= 15 is 0 Å². The lowest BCUT2D eigenvalue weighted by Crippen LogP contribution is -2.60. The maximum absolute atomic E-state index is 13.6. The fourth-order valence-corrected chi connectivity index (χ4v) is 4.99. The minimum absolute atomic E-state index is 0.0500. The Labute approximate surface area is 179 Å². The molecule has 7 heteroatoms. The quantitative estimate of drug-likeness (QED) is 0.637. The van der Waals surface area contributed by atoms with Crippen molar-refractivity contribution in [3.05, 3.63) is 70.2 Å². The van der Waals surface area contributed by atoms with Gasteiger partial charge in [0.05, 0.1) is 17.2 Å². The first kappa shape index (κ1) is 21.2. The van der Waals surface area contributed by atoms with E-state index in [1.54, 1.807) is 0 Å². The summed E-state index contributed by atoms with van der Waals surface area (Å²) in [5.41, 5.74) is -0.745. The Bertz CT molecular complexity index is 906. The van der Waals surface area contributed by atoms with Crippen LogP contribution in [0.15, 0.2) is 48.5 Å². The van der Waals surface area contributed by atoms with Gasteiger partial charge in [0.2, 0.25) is 0 Å². The third-order valence-electron chi connectivity index (χ3n) is 6.43. The zero-order valence-corrected chi connectivity index (χ0v) is 17.3. The molecule has 160 valence electrons. The molecule has 0 bridgehead atoms. The number of alkyl halides is 3. The summed E-state index contributed by atoms with van der Waals surface area (Å²) in [7, 11) is 0. The van der Waals surface area contributed by atoms with E-state index < -0.39 is 23.2 Å². The molecule has 1 amide bonds. The van der Waals surface area contributed by atoms with Gasteiger partial charge in [-0.25, -0.2) is 0 Å². The van der Waals surface area contributed by atoms with Gasteiger partial charge in [-0.1, -0.05) is 41.9 Å². The van der Waals surface area contributed by atoms with Crippen molar-refractivity contribution in [2.24, 2.45) is 0 Å². The van der Waals surface area contributed by atoms with Crippen LogP contribution in [-0.2, 0) is 6.18 Å². The maximum atomic E-state index is 13.6. The Morgan fingerprint density at radius 2 is 1.70 bits per heavy atom. The molecule has 0 aromatic heterocycles. The van der Waals surface area contributed by atoms with Gasteiger partial charge in [0.25, 0.3) is 5.91 Å². The zero-order chi connectivity index (χ0) is 21.4. The van der Waals surface area contributed by atoms with Crippen LogP contribution in [-0.4, -0.2) is 29.4 Å². The molecule has 2 aliphatic rings. The molecule has 2 fully saturated rings. The van der Waals surface area contributed by atoms with Gasteiger partial charge in [0.15, 0.2) is 0 Å². The molecule has 1 unspecified atom stereocenters. The number of benzene rings is 2. The molecule has 0 radical (unpaired) electrons. The second kappa shape index (κ2) is 8.23. The summed E-state index contributed by atoms with van der Waals surface area (Å²) in [6.45, 7) is 1.90. The van der Waals surface area contributed by atoms with Gasteiger partial charge in [-0.05, 0) is 69.0 Å². The highest BCUT2D eigenvalue weighted by molar-refractivity contribution is 6.30. The molecular formula is C23H24ClF3N2O. The number of carbonyl (C=O) groups excluding carboxylic acids is 1. The van der Waals surface area contributed by atoms with Crippen LogP contribution in [0.5, 0.6) is 0 Å². The number of halogens is 4. The van der Waals surface area contributed by atoms with Gasteiger partial charge < -0.3 is 5.32 Å². The van der Waals surface area contributed by atoms with Crippen molar-refractivity contribution in [3.8, 4) is 0 Å². The summed E-state index contributed by atoms with van der Waals surface area (Å²) >= 11 is 5.78. The Hall–Kier alpha value is -2.05. The molecule has 1 saturated heterocycles. The highest BCUT2D eigenvalue weighted by Gasteiger charge is 2.50. The molecule has 1 saturated carbocycles. The van der Waals surface area contributed by atoms with E-state index in [0.29, 0.717) is 0 Å². The number of likely N-dealkylation sites (tertiary alicyclic amines) is 1. The molecule has 1 aliphatic carbocycles. The lowest BCUT2D eigenvalue weighted by Gasteiger charge is -2.54. The molecule has 0 spiro atoms. The van der Waals surface area contributed by atoms with E-state index in [1.165, 1.54) is 6.07 Å². The van der Waals surface area contributed by atoms with Crippen molar-refractivity contribution < 1.29 is 18.0 Å². The van der Waals surface area contributed by atoms with E-state index in [1.807, 2.05) is 30.3 Å². The predicted octanol–water partition coefficient (Wildman–Crippen LogP) is 5.85. The average Bonchev–Trinajstić information content (AvgIpc) is 3.21. The third-order valence-corrected chi connectivity index (χ3v) is 6.67. The molecule has 2 aromatic carbocycles. The fraction of sp³-hybridized carbons (Fsp3) is 0.435. The van der Waals surface area contributed by atoms with Gasteiger partial charge in [0.1, 0.15) is 0 Å². The summed E-state index contributed by atoms with van der Waals surface area (Å²) < 4.78 is 40.7. The summed E-state index contributed by atoms with van der Waals surface area (Å²) in [5, 5.41) is 2.93. The molecular weight excluding hydrogens is 413 g/mol. The Morgan fingerprint density at radius 1 is 1.03 bits per heavy atom. The van der Waals surface area contributed by atoms with Crippen molar-refractivity contribution in [1.29, 1.82) is 0 Å². The van der Waals surface area contributed by atoms with Gasteiger partial charge in [-0.3, -0.25) is 9.69 Å². The molecule has 1 N–H and O–H groups in total. The van der Waals surface area contributed by atoms with Crippen LogP contribution < -0.4 is 5.32 Å². The minimum atomic E-state index is -4.66. The molecule has 1 atom stereocenters. The summed E-state index contributed by atoms with van der Waals surface area (Å²) in [6, 6.07) is 12.5. The largest absolute Gasteiger partial charge is 0.417 e. The molecule has 2 aromatic rings. The Kier molecular flexibility index (Phi) is 5.82. The van der Waals surface area contributed by atoms with Gasteiger partial charge in [-0.15, -0.1) is 0 Å². The van der Waals surface area contributed by atoms with Crippen molar-refractivity contribution in [2.75, 3.05) is 13.1 Å². The SMILES string of the molecule is O=C(NC(c1ccccc1)C1(N2CCCC2)CCC1)c1ccc(Cl)cc1C(F)(F)F. The van der Waals surface area contributed by atoms with E-state index in [4.69, 9.17) is 11.6 Å². The summed E-state index contributed by atoms with van der Waals surface area (Å²) in [4.78, 5) is 15.6. The predicted molar refractivity (Wildman–Crippen MR) is 110 cm³/mol. The van der Waals surface area contributed by atoms with Crippen LogP contribution in [0.4, 0.5) is 13.2 Å². The molecule has 1 aliphatic heterocycles. The number of rotatable bonds is 5. The van der Waals surface area contributed by atoms with Crippen molar-refractivity contribution in [2.45, 2.75) is 49.9 Å². The highest BCUT2D eigenvalue weighted by atomic mass is 35.5. The van der Waals surface area contributed by atoms with Crippen LogP contribution in [0.3, 0.4) is 0 Å². The van der Waals surface area contributed by atoms with E-state index in [0.717, 1.165) is 62.9 Å². The van der Waals surface area contributed by atoms with Gasteiger partial charge in [0, 0.05) is 10.6 Å². The van der Waals surface area contributed by atoms with Crippen LogP contribution >= 0.6 is 11.6 Å². The lowest BCUT2D eigenvalue weighted by molar-refractivity contribution is -0.137. The van der Waals surface area contributed by atoms with Crippen LogP contribution in [0.2, 0.25) is 5.02 Å². The standard InChI is InChI=1S/C23H24ClF3N2O/c24-17-9-10-18(19(15-17)23(25,26)27)21(30)28-20(16-7-2-1-3-8-16)22(11-6-12-22)29-13-4-5-14-29/h1-3,7-10,15,20H,4-6,11-14H2,(H,28,30). The van der Waals surface area contributed by atoms with E-state index in [2.05, 4.69) is 10.2 Å². The topological polar surface area (TPSA) is 32.3 Å². The first-order valence-electron chi connectivity index (χ1n) is 10.3. The number of nitrogens with zero attached hydrogens (tertiary/aromatic N) is 1. The van der Waals surface area contributed by atoms with Gasteiger partial charge in [-0.2, -0.15) is 13.2 Å². The number of hydrogen-bond acceptors (Lipinski definition) is 2. The monoisotopic (exact) mass is 436 g/mol. The third kappa shape index (κ3) is 3.95. The first-order chi connectivity index (χ1) is 14.3.